The van der Waals surface area contributed by atoms with E-state index in [4.69, 9.17) is 4.74 Å². The molecule has 188 valence electrons. The molecule has 1 fully saturated rings. The van der Waals surface area contributed by atoms with E-state index in [0.717, 1.165) is 33.5 Å². The van der Waals surface area contributed by atoms with Crippen LogP contribution in [0, 0.1) is 0 Å². The molecule has 0 saturated carbocycles. The van der Waals surface area contributed by atoms with Crippen molar-refractivity contribution in [3.05, 3.63) is 95.7 Å². The van der Waals surface area contributed by atoms with E-state index >= 15 is 0 Å². The molecule has 2 atom stereocenters. The Bertz CT molecular complexity index is 1470. The highest BCUT2D eigenvalue weighted by atomic mass is 16.5. The Balaban J connectivity index is 1.27. The molecule has 2 aliphatic rings. The average Bonchev–Trinajstić information content (AvgIpc) is 3.51. The highest BCUT2D eigenvalue weighted by Gasteiger charge is 2.44. The van der Waals surface area contributed by atoms with Crippen LogP contribution in [-0.2, 0) is 4.79 Å². The minimum atomic E-state index is -0.601. The number of carbonyl (C=O) groups excluding carboxylic acids is 2. The fourth-order valence-electron chi connectivity index (χ4n) is 5.82. The molecule has 0 spiro atoms. The summed E-state index contributed by atoms with van der Waals surface area (Å²) in [5.74, 6) is 0.711. The maximum absolute atomic E-state index is 13.8. The molecule has 7 heteroatoms. The van der Waals surface area contributed by atoms with Crippen LogP contribution in [0.4, 0.5) is 5.69 Å². The first-order chi connectivity index (χ1) is 18.1. The summed E-state index contributed by atoms with van der Waals surface area (Å²) in [6, 6.07) is 22.8. The highest BCUT2D eigenvalue weighted by molar-refractivity contribution is 6.03. The highest BCUT2D eigenvalue weighted by Crippen LogP contribution is 2.42. The summed E-state index contributed by atoms with van der Waals surface area (Å²) in [7, 11) is 1.68. The molecule has 4 aromatic rings. The van der Waals surface area contributed by atoms with Crippen molar-refractivity contribution in [1.82, 2.24) is 14.8 Å². The number of nitrogens with zero attached hydrogens (tertiary/aromatic N) is 3. The van der Waals surface area contributed by atoms with E-state index in [-0.39, 0.29) is 17.9 Å². The molecule has 0 aliphatic carbocycles. The largest absolute Gasteiger partial charge is 0.495 e. The minimum absolute atomic E-state index is 0.0225. The topological polar surface area (TPSA) is 68.9 Å². The van der Waals surface area contributed by atoms with Crippen molar-refractivity contribution < 1.29 is 14.3 Å². The number of hydrogen-bond donors (Lipinski definition) is 1. The first-order valence-electron chi connectivity index (χ1n) is 12.7. The van der Waals surface area contributed by atoms with Gasteiger partial charge in [-0.1, -0.05) is 48.5 Å². The van der Waals surface area contributed by atoms with Gasteiger partial charge in [0, 0.05) is 54.4 Å². The number of para-hydroxylation sites is 3. The van der Waals surface area contributed by atoms with Gasteiger partial charge in [-0.15, -0.1) is 0 Å². The van der Waals surface area contributed by atoms with E-state index in [2.05, 4.69) is 16.0 Å². The van der Waals surface area contributed by atoms with Gasteiger partial charge in [0.15, 0.2) is 0 Å². The number of rotatable bonds is 5. The van der Waals surface area contributed by atoms with Crippen molar-refractivity contribution in [3.63, 3.8) is 0 Å². The van der Waals surface area contributed by atoms with E-state index in [0.29, 0.717) is 31.7 Å². The van der Waals surface area contributed by atoms with E-state index in [1.165, 1.54) is 0 Å². The van der Waals surface area contributed by atoms with Crippen LogP contribution in [0.15, 0.2) is 79.0 Å². The number of ether oxygens (including phenoxy) is 1. The van der Waals surface area contributed by atoms with Crippen molar-refractivity contribution in [2.75, 3.05) is 38.2 Å². The number of H-pyrrole nitrogens is 1. The summed E-state index contributed by atoms with van der Waals surface area (Å²) in [4.78, 5) is 36.8. The lowest BCUT2D eigenvalue weighted by Crippen LogP contribution is -2.55. The molecule has 1 N–H and O–H groups in total. The summed E-state index contributed by atoms with van der Waals surface area (Å²) in [6.07, 6.45) is 1.97. The molecule has 7 nitrogen and oxygen atoms in total. The van der Waals surface area contributed by atoms with Crippen LogP contribution in [0.2, 0.25) is 0 Å². The third kappa shape index (κ3) is 3.82. The Kier molecular flexibility index (Phi) is 5.83. The fourth-order valence-corrected chi connectivity index (χ4v) is 5.82. The Hall–Kier alpha value is -4.26. The monoisotopic (exact) mass is 494 g/mol. The smallest absolute Gasteiger partial charge is 0.255 e. The lowest BCUT2D eigenvalue weighted by Gasteiger charge is -2.39. The Morgan fingerprint density at radius 2 is 1.62 bits per heavy atom. The zero-order valence-corrected chi connectivity index (χ0v) is 21.1. The van der Waals surface area contributed by atoms with Gasteiger partial charge in [0.2, 0.25) is 5.91 Å². The summed E-state index contributed by atoms with van der Waals surface area (Å²) in [6.45, 7) is 4.46. The Morgan fingerprint density at radius 1 is 0.919 bits per heavy atom. The van der Waals surface area contributed by atoms with Crippen LogP contribution in [0.1, 0.15) is 34.5 Å². The van der Waals surface area contributed by atoms with Crippen LogP contribution in [0.5, 0.6) is 5.75 Å². The molecule has 3 heterocycles. The van der Waals surface area contributed by atoms with Crippen molar-refractivity contribution in [2.45, 2.75) is 19.0 Å². The van der Waals surface area contributed by atoms with E-state index in [1.807, 2.05) is 84.8 Å². The van der Waals surface area contributed by atoms with Gasteiger partial charge in [-0.05, 0) is 36.8 Å². The molecule has 3 aromatic carbocycles. The standard InChI is InChI=1S/C30H30N4O3/c1-20(29(35)33-17-15-32(16-18-33)26-13-7-8-14-27(26)37-2)34-28(22-10-3-4-11-23(22)30(34)36)24-19-31-25-12-6-5-9-21(24)25/h3-14,19-20,28,31H,15-18H2,1-2H3/t20-,28-/m0/s1. The van der Waals surface area contributed by atoms with Crippen molar-refractivity contribution >= 4 is 28.4 Å². The predicted molar refractivity (Wildman–Crippen MR) is 144 cm³/mol. The first kappa shape index (κ1) is 23.2. The minimum Gasteiger partial charge on any atom is -0.495 e. The van der Waals surface area contributed by atoms with Gasteiger partial charge >= 0.3 is 0 Å². The molecule has 0 unspecified atom stereocenters. The number of amides is 2. The lowest BCUT2D eigenvalue weighted by atomic mass is 9.97. The van der Waals surface area contributed by atoms with Crippen molar-refractivity contribution in [3.8, 4) is 5.75 Å². The molecular weight excluding hydrogens is 464 g/mol. The van der Waals surface area contributed by atoms with E-state index < -0.39 is 6.04 Å². The molecule has 0 bridgehead atoms. The number of nitrogens with one attached hydrogen (secondary N) is 1. The van der Waals surface area contributed by atoms with Crippen LogP contribution < -0.4 is 9.64 Å². The van der Waals surface area contributed by atoms with E-state index in [9.17, 15) is 9.59 Å². The normalized spacial score (nSPS) is 18.3. The first-order valence-corrected chi connectivity index (χ1v) is 12.7. The number of benzene rings is 3. The predicted octanol–water partition coefficient (Wildman–Crippen LogP) is 4.46. The quantitative estimate of drug-likeness (QED) is 0.445. The van der Waals surface area contributed by atoms with Gasteiger partial charge in [0.25, 0.3) is 5.91 Å². The average molecular weight is 495 g/mol. The number of methoxy groups -OCH3 is 1. The molecule has 1 aromatic heterocycles. The van der Waals surface area contributed by atoms with Crippen LogP contribution in [-0.4, -0.2) is 65.9 Å². The number of aromatic amines is 1. The van der Waals surface area contributed by atoms with Crippen molar-refractivity contribution in [1.29, 1.82) is 0 Å². The van der Waals surface area contributed by atoms with E-state index in [1.54, 1.807) is 12.0 Å². The molecule has 1 saturated heterocycles. The van der Waals surface area contributed by atoms with Gasteiger partial charge in [-0.3, -0.25) is 9.59 Å². The molecular formula is C30H30N4O3. The third-order valence-electron chi connectivity index (χ3n) is 7.71. The summed E-state index contributed by atoms with van der Waals surface area (Å²) in [5.41, 5.74) is 4.67. The number of fused-ring (bicyclic) bond motifs is 2. The van der Waals surface area contributed by atoms with Crippen LogP contribution >= 0.6 is 0 Å². The van der Waals surface area contributed by atoms with Crippen molar-refractivity contribution in [2.24, 2.45) is 0 Å². The fraction of sp³-hybridized carbons (Fsp3) is 0.267. The second-order valence-corrected chi connectivity index (χ2v) is 9.65. The molecule has 6 rings (SSSR count). The number of aromatic nitrogens is 1. The molecule has 2 aliphatic heterocycles. The van der Waals surface area contributed by atoms with Crippen LogP contribution in [0.25, 0.3) is 10.9 Å². The van der Waals surface area contributed by atoms with Gasteiger partial charge in [-0.2, -0.15) is 0 Å². The number of anilines is 1. The van der Waals surface area contributed by atoms with Gasteiger partial charge < -0.3 is 24.4 Å². The van der Waals surface area contributed by atoms with Gasteiger partial charge in [0.1, 0.15) is 11.8 Å². The zero-order chi connectivity index (χ0) is 25.5. The van der Waals surface area contributed by atoms with Gasteiger partial charge in [-0.25, -0.2) is 0 Å². The second-order valence-electron chi connectivity index (χ2n) is 9.65. The third-order valence-corrected chi connectivity index (χ3v) is 7.71. The Morgan fingerprint density at radius 3 is 2.43 bits per heavy atom. The zero-order valence-electron chi connectivity index (χ0n) is 21.1. The maximum atomic E-state index is 13.8. The summed E-state index contributed by atoms with van der Waals surface area (Å²) >= 11 is 0. The molecule has 2 amide bonds. The second kappa shape index (κ2) is 9.32. The van der Waals surface area contributed by atoms with Gasteiger partial charge in [0.05, 0.1) is 18.8 Å². The summed E-state index contributed by atoms with van der Waals surface area (Å²) < 4.78 is 5.53. The van der Waals surface area contributed by atoms with Crippen LogP contribution in [0.3, 0.4) is 0 Å². The molecule has 0 radical (unpaired) electrons. The number of hydrogen-bond acceptors (Lipinski definition) is 4. The molecule has 37 heavy (non-hydrogen) atoms. The maximum Gasteiger partial charge on any atom is 0.255 e. The number of carbonyl (C=O) groups is 2. The Labute approximate surface area is 216 Å². The number of piperazine rings is 1. The SMILES string of the molecule is COc1ccccc1N1CCN(C(=O)[C@H](C)N2C(=O)c3ccccc3[C@H]2c2c[nH]c3ccccc23)CC1. The summed E-state index contributed by atoms with van der Waals surface area (Å²) in [5, 5.41) is 1.06. The lowest BCUT2D eigenvalue weighted by molar-refractivity contribution is -0.136.